The second-order valence-corrected chi connectivity index (χ2v) is 6.52. The highest BCUT2D eigenvalue weighted by Gasteiger charge is 2.04. The van der Waals surface area contributed by atoms with Gasteiger partial charge in [0.2, 0.25) is 0 Å². The predicted octanol–water partition coefficient (Wildman–Crippen LogP) is 6.68. The van der Waals surface area contributed by atoms with Crippen molar-refractivity contribution in [3.05, 3.63) is 24.0 Å². The number of nitrogens with one attached hydrogen (secondary N) is 1. The van der Waals surface area contributed by atoms with Crippen molar-refractivity contribution in [3.63, 3.8) is 0 Å². The number of aromatic amines is 1. The Bertz CT molecular complexity index is 356. The van der Waals surface area contributed by atoms with E-state index in [-0.39, 0.29) is 5.78 Å². The highest BCUT2D eigenvalue weighted by atomic mass is 16.1. The maximum Gasteiger partial charge on any atom is 0.164 e. The van der Waals surface area contributed by atoms with Gasteiger partial charge in [-0.25, -0.2) is 0 Å². The number of hydrogen-bond donors (Lipinski definition) is 1. The Labute approximate surface area is 137 Å². The topological polar surface area (TPSA) is 32.9 Å². The Morgan fingerprint density at radius 3 is 1.77 bits per heavy atom. The number of aromatic nitrogens is 1. The average Bonchev–Trinajstić information content (AvgIpc) is 3.06. The van der Waals surface area contributed by atoms with Crippen molar-refractivity contribution in [2.24, 2.45) is 0 Å². The molecule has 0 atom stereocenters. The summed E-state index contributed by atoms with van der Waals surface area (Å²) in [4.78, 5) is 14.7. The van der Waals surface area contributed by atoms with Gasteiger partial charge in [0.1, 0.15) is 0 Å². The zero-order valence-electron chi connectivity index (χ0n) is 14.5. The molecule has 0 fully saturated rings. The minimum Gasteiger partial charge on any atom is -0.367 e. The molecule has 0 aromatic carbocycles. The fraction of sp³-hybridized carbons (Fsp3) is 0.750. The zero-order valence-corrected chi connectivity index (χ0v) is 14.5. The van der Waals surface area contributed by atoms with Gasteiger partial charge in [0.05, 0.1) is 0 Å². The molecule has 0 saturated carbocycles. The van der Waals surface area contributed by atoms with Crippen molar-refractivity contribution in [2.45, 2.75) is 96.8 Å². The first-order valence-corrected chi connectivity index (χ1v) is 9.50. The number of ketones is 1. The Kier molecular flexibility index (Phi) is 11.7. The lowest BCUT2D eigenvalue weighted by molar-refractivity contribution is 0.0979. The molecule has 126 valence electrons. The molecule has 0 bridgehead atoms. The summed E-state index contributed by atoms with van der Waals surface area (Å²) in [7, 11) is 0. The minimum absolute atomic E-state index is 0.282. The molecule has 1 aromatic heterocycles. The Hall–Kier alpha value is -1.05. The van der Waals surface area contributed by atoms with Gasteiger partial charge in [0.25, 0.3) is 0 Å². The minimum atomic E-state index is 0.282. The molecule has 22 heavy (non-hydrogen) atoms. The Balaban J connectivity index is 1.77. The lowest BCUT2D eigenvalue weighted by Gasteiger charge is -2.03. The van der Waals surface area contributed by atoms with E-state index >= 15 is 0 Å². The number of H-pyrrole nitrogens is 1. The van der Waals surface area contributed by atoms with E-state index in [4.69, 9.17) is 0 Å². The van der Waals surface area contributed by atoms with E-state index in [1.54, 1.807) is 6.20 Å². The number of carbonyl (C=O) groups is 1. The van der Waals surface area contributed by atoms with E-state index in [0.29, 0.717) is 6.42 Å². The highest BCUT2D eigenvalue weighted by molar-refractivity contribution is 5.95. The maximum atomic E-state index is 11.8. The van der Waals surface area contributed by atoms with Crippen LogP contribution in [0.5, 0.6) is 0 Å². The summed E-state index contributed by atoms with van der Waals surface area (Å²) in [6.07, 6.45) is 21.9. The summed E-state index contributed by atoms with van der Waals surface area (Å²) < 4.78 is 0. The summed E-state index contributed by atoms with van der Waals surface area (Å²) >= 11 is 0. The highest BCUT2D eigenvalue weighted by Crippen LogP contribution is 2.13. The monoisotopic (exact) mass is 305 g/mol. The van der Waals surface area contributed by atoms with E-state index in [9.17, 15) is 4.79 Å². The Morgan fingerprint density at radius 2 is 1.32 bits per heavy atom. The molecule has 0 spiro atoms. The number of carbonyl (C=O) groups excluding carboxylic acids is 1. The molecule has 0 amide bonds. The molecule has 2 heteroatoms. The van der Waals surface area contributed by atoms with Gasteiger partial charge in [-0.15, -0.1) is 0 Å². The second kappa shape index (κ2) is 13.6. The number of Topliss-reactive ketones (excluding diaryl/α,β-unsaturated/α-hetero) is 1. The molecule has 0 aliphatic carbocycles. The van der Waals surface area contributed by atoms with Gasteiger partial charge < -0.3 is 4.98 Å². The van der Waals surface area contributed by atoms with Crippen LogP contribution >= 0.6 is 0 Å². The molecular weight excluding hydrogens is 270 g/mol. The van der Waals surface area contributed by atoms with E-state index in [0.717, 1.165) is 12.0 Å². The molecule has 0 radical (unpaired) electrons. The van der Waals surface area contributed by atoms with Crippen LogP contribution in [-0.4, -0.2) is 10.8 Å². The maximum absolute atomic E-state index is 11.8. The van der Waals surface area contributed by atoms with Gasteiger partial charge in [-0.1, -0.05) is 84.0 Å². The lowest BCUT2D eigenvalue weighted by atomic mass is 10.0. The van der Waals surface area contributed by atoms with E-state index in [2.05, 4.69) is 11.9 Å². The van der Waals surface area contributed by atoms with Gasteiger partial charge >= 0.3 is 0 Å². The fourth-order valence-electron chi connectivity index (χ4n) is 2.94. The van der Waals surface area contributed by atoms with Crippen LogP contribution in [0.2, 0.25) is 0 Å². The average molecular weight is 306 g/mol. The van der Waals surface area contributed by atoms with Crippen LogP contribution in [0.3, 0.4) is 0 Å². The summed E-state index contributed by atoms with van der Waals surface area (Å²) in [5, 5.41) is 0. The zero-order chi connectivity index (χ0) is 15.9. The smallest absolute Gasteiger partial charge is 0.164 e. The van der Waals surface area contributed by atoms with Crippen molar-refractivity contribution in [1.82, 2.24) is 4.98 Å². The first-order chi connectivity index (χ1) is 10.8. The van der Waals surface area contributed by atoms with Crippen molar-refractivity contribution in [2.75, 3.05) is 0 Å². The molecule has 0 saturated heterocycles. The number of rotatable bonds is 15. The lowest BCUT2D eigenvalue weighted by Crippen LogP contribution is -1.96. The molecule has 1 heterocycles. The predicted molar refractivity (Wildman–Crippen MR) is 95.4 cm³/mol. The third kappa shape index (κ3) is 9.81. The second-order valence-electron chi connectivity index (χ2n) is 6.52. The third-order valence-electron chi connectivity index (χ3n) is 4.43. The standard InChI is InChI=1S/C20H35NO/c1-2-3-4-5-6-7-8-9-10-11-12-13-14-15-20(22)19-16-17-21-18-19/h16-18,21H,2-15H2,1H3. The van der Waals surface area contributed by atoms with Crippen molar-refractivity contribution < 1.29 is 4.79 Å². The van der Waals surface area contributed by atoms with E-state index < -0.39 is 0 Å². The van der Waals surface area contributed by atoms with Crippen LogP contribution in [0.4, 0.5) is 0 Å². The van der Waals surface area contributed by atoms with Gasteiger partial charge in [0.15, 0.2) is 5.78 Å². The number of hydrogen-bond acceptors (Lipinski definition) is 1. The van der Waals surface area contributed by atoms with Crippen LogP contribution in [-0.2, 0) is 0 Å². The van der Waals surface area contributed by atoms with Crippen LogP contribution < -0.4 is 0 Å². The van der Waals surface area contributed by atoms with Crippen molar-refractivity contribution in [1.29, 1.82) is 0 Å². The first kappa shape index (κ1) is 19.0. The van der Waals surface area contributed by atoms with Crippen LogP contribution in [0, 0.1) is 0 Å². The molecular formula is C20H35NO. The van der Waals surface area contributed by atoms with Crippen LogP contribution in [0.25, 0.3) is 0 Å². The molecule has 0 unspecified atom stereocenters. The molecule has 0 aliphatic heterocycles. The molecule has 0 aliphatic rings. The van der Waals surface area contributed by atoms with Crippen LogP contribution in [0.1, 0.15) is 107 Å². The fourth-order valence-corrected chi connectivity index (χ4v) is 2.94. The first-order valence-electron chi connectivity index (χ1n) is 9.50. The van der Waals surface area contributed by atoms with Gasteiger partial charge in [0, 0.05) is 24.4 Å². The van der Waals surface area contributed by atoms with Crippen molar-refractivity contribution in [3.8, 4) is 0 Å². The molecule has 1 aromatic rings. The molecule has 1 N–H and O–H groups in total. The van der Waals surface area contributed by atoms with Gasteiger partial charge in [-0.05, 0) is 12.5 Å². The summed E-state index contributed by atoms with van der Waals surface area (Å²) in [5.41, 5.74) is 0.832. The largest absolute Gasteiger partial charge is 0.367 e. The molecule has 1 rings (SSSR count). The summed E-state index contributed by atoms with van der Waals surface area (Å²) in [5.74, 6) is 0.282. The molecule has 2 nitrogen and oxygen atoms in total. The summed E-state index contributed by atoms with van der Waals surface area (Å²) in [6, 6.07) is 1.87. The SMILES string of the molecule is CCCCCCCCCCCCCCCC(=O)c1cc[nH]c1. The van der Waals surface area contributed by atoms with Gasteiger partial charge in [-0.3, -0.25) is 4.79 Å². The normalized spacial score (nSPS) is 11.0. The van der Waals surface area contributed by atoms with Gasteiger partial charge in [-0.2, -0.15) is 0 Å². The summed E-state index contributed by atoms with van der Waals surface area (Å²) in [6.45, 7) is 2.27. The Morgan fingerprint density at radius 1 is 0.818 bits per heavy atom. The third-order valence-corrected chi connectivity index (χ3v) is 4.43. The van der Waals surface area contributed by atoms with Crippen molar-refractivity contribution >= 4 is 5.78 Å². The number of unbranched alkanes of at least 4 members (excludes halogenated alkanes) is 12. The van der Waals surface area contributed by atoms with E-state index in [1.807, 2.05) is 12.3 Å². The van der Waals surface area contributed by atoms with Crippen LogP contribution in [0.15, 0.2) is 18.5 Å². The van der Waals surface area contributed by atoms with E-state index in [1.165, 1.54) is 77.0 Å². The quantitative estimate of drug-likeness (QED) is 0.284.